The van der Waals surface area contributed by atoms with Crippen LogP contribution in [0.3, 0.4) is 0 Å². The van der Waals surface area contributed by atoms with Crippen LogP contribution in [-0.2, 0) is 9.59 Å². The van der Waals surface area contributed by atoms with Gasteiger partial charge in [-0.2, -0.15) is 0 Å². The van der Waals surface area contributed by atoms with Gasteiger partial charge in [0.15, 0.2) is 0 Å². The average molecular weight is 141 g/mol. The van der Waals surface area contributed by atoms with Crippen LogP contribution >= 0.6 is 0 Å². The number of amides is 1. The molecule has 0 aromatic rings. The van der Waals surface area contributed by atoms with Crippen LogP contribution in [0, 0.1) is 12.3 Å². The Morgan fingerprint density at radius 3 is 2.60 bits per heavy atom. The minimum absolute atomic E-state index is 0.0755. The van der Waals surface area contributed by atoms with Crippen molar-refractivity contribution in [3.63, 3.8) is 0 Å². The topological polar surface area (TPSA) is 66.4 Å². The van der Waals surface area contributed by atoms with E-state index in [4.69, 9.17) is 11.5 Å². The summed E-state index contributed by atoms with van der Waals surface area (Å²) in [6.45, 7) is 0.0755. The van der Waals surface area contributed by atoms with Gasteiger partial charge in [0, 0.05) is 0 Å². The lowest BCUT2D eigenvalue weighted by molar-refractivity contribution is -0.140. The van der Waals surface area contributed by atoms with Crippen LogP contribution in [0.2, 0.25) is 0 Å². The van der Waals surface area contributed by atoms with Crippen molar-refractivity contribution < 1.29 is 14.7 Å². The minimum Gasteiger partial charge on any atom is -0.481 e. The quantitative estimate of drug-likeness (QED) is 0.400. The van der Waals surface area contributed by atoms with Crippen LogP contribution in [0.4, 0.5) is 0 Å². The molecular formula is C6H7NO3. The van der Waals surface area contributed by atoms with Gasteiger partial charge in [-0.25, -0.2) is 0 Å². The van der Waals surface area contributed by atoms with Crippen LogP contribution in [0.25, 0.3) is 0 Å². The second-order valence-electron chi connectivity index (χ2n) is 1.55. The van der Waals surface area contributed by atoms with Gasteiger partial charge in [0.05, 0.1) is 6.54 Å². The average Bonchev–Trinajstić information content (AvgIpc) is 1.82. The summed E-state index contributed by atoms with van der Waals surface area (Å²) in [5, 5.41) is 10.3. The molecule has 0 aliphatic carbocycles. The molecule has 0 aliphatic rings. The molecule has 1 amide bonds. The van der Waals surface area contributed by atoms with E-state index in [1.54, 1.807) is 0 Å². The first-order chi connectivity index (χ1) is 4.66. The van der Waals surface area contributed by atoms with E-state index in [2.05, 4.69) is 11.2 Å². The summed E-state index contributed by atoms with van der Waals surface area (Å²) in [4.78, 5) is 20.3. The number of carboxylic acid groups (broad SMARTS) is 1. The van der Waals surface area contributed by atoms with Gasteiger partial charge in [0.25, 0.3) is 0 Å². The van der Waals surface area contributed by atoms with E-state index in [-0.39, 0.29) is 6.54 Å². The maximum Gasteiger partial charge on any atom is 0.312 e. The van der Waals surface area contributed by atoms with Crippen LogP contribution in [-0.4, -0.2) is 23.5 Å². The molecule has 0 unspecified atom stereocenters. The normalized spacial score (nSPS) is 7.90. The Balaban J connectivity index is 3.47. The first-order valence-corrected chi connectivity index (χ1v) is 2.58. The number of aliphatic carboxylic acids is 1. The van der Waals surface area contributed by atoms with Crippen molar-refractivity contribution in [3.05, 3.63) is 0 Å². The summed E-state index contributed by atoms with van der Waals surface area (Å²) < 4.78 is 0. The second-order valence-corrected chi connectivity index (χ2v) is 1.55. The summed E-state index contributed by atoms with van der Waals surface area (Å²) in [7, 11) is 0. The molecule has 0 radical (unpaired) electrons. The molecule has 0 aliphatic heterocycles. The highest BCUT2D eigenvalue weighted by molar-refractivity contribution is 5.93. The number of terminal acetylenes is 1. The highest BCUT2D eigenvalue weighted by Crippen LogP contribution is 1.76. The maximum atomic E-state index is 10.4. The van der Waals surface area contributed by atoms with Crippen LogP contribution in [0.15, 0.2) is 0 Å². The van der Waals surface area contributed by atoms with E-state index in [0.717, 1.165) is 0 Å². The van der Waals surface area contributed by atoms with Crippen molar-refractivity contribution in [2.45, 2.75) is 6.42 Å². The molecule has 2 N–H and O–H groups in total. The lowest BCUT2D eigenvalue weighted by Gasteiger charge is -1.95. The Morgan fingerprint density at radius 2 is 2.20 bits per heavy atom. The number of carboxylic acids is 1. The third kappa shape index (κ3) is 4.65. The lowest BCUT2D eigenvalue weighted by atomic mass is 10.4. The highest BCUT2D eigenvalue weighted by Gasteiger charge is 2.04. The van der Waals surface area contributed by atoms with Gasteiger partial charge >= 0.3 is 5.97 Å². The number of carbonyl (C=O) groups is 2. The van der Waals surface area contributed by atoms with Crippen molar-refractivity contribution in [2.75, 3.05) is 6.54 Å². The third-order valence-electron chi connectivity index (χ3n) is 0.699. The molecule has 0 aromatic carbocycles. The SMILES string of the molecule is C#CCNC(=O)CC(=O)O. The van der Waals surface area contributed by atoms with Gasteiger partial charge in [0.1, 0.15) is 6.42 Å². The summed E-state index contributed by atoms with van der Waals surface area (Å²) in [5.74, 6) is 0.425. The number of hydrogen-bond acceptors (Lipinski definition) is 2. The predicted octanol–water partition coefficient (Wildman–Crippen LogP) is -0.790. The van der Waals surface area contributed by atoms with Crippen LogP contribution in [0.5, 0.6) is 0 Å². The van der Waals surface area contributed by atoms with Gasteiger partial charge in [-0.3, -0.25) is 9.59 Å². The standard InChI is InChI=1S/C6H7NO3/c1-2-3-7-5(8)4-6(9)10/h1H,3-4H2,(H,7,8)(H,9,10). The van der Waals surface area contributed by atoms with Crippen LogP contribution < -0.4 is 5.32 Å². The summed E-state index contributed by atoms with van der Waals surface area (Å²) in [6, 6.07) is 0. The molecule has 4 heteroatoms. The zero-order valence-corrected chi connectivity index (χ0v) is 5.26. The molecule has 0 aromatic heterocycles. The van der Waals surface area contributed by atoms with E-state index in [9.17, 15) is 9.59 Å². The van der Waals surface area contributed by atoms with Crippen molar-refractivity contribution in [2.24, 2.45) is 0 Å². The van der Waals surface area contributed by atoms with Crippen LogP contribution in [0.1, 0.15) is 6.42 Å². The van der Waals surface area contributed by atoms with E-state index in [1.807, 2.05) is 0 Å². The Hall–Kier alpha value is -1.50. The van der Waals surface area contributed by atoms with Crippen molar-refractivity contribution in [3.8, 4) is 12.3 Å². The Labute approximate surface area is 58.2 Å². The molecule has 54 valence electrons. The fraction of sp³-hybridized carbons (Fsp3) is 0.333. The molecule has 0 saturated carbocycles. The first kappa shape index (κ1) is 8.50. The molecule has 0 rings (SSSR count). The molecule has 4 nitrogen and oxygen atoms in total. The van der Waals surface area contributed by atoms with E-state index >= 15 is 0 Å². The third-order valence-corrected chi connectivity index (χ3v) is 0.699. The molecule has 0 spiro atoms. The monoisotopic (exact) mass is 141 g/mol. The summed E-state index contributed by atoms with van der Waals surface area (Å²) in [5.41, 5.74) is 0. The molecule has 0 heterocycles. The fourth-order valence-electron chi connectivity index (χ4n) is 0.349. The molecule has 0 saturated heterocycles. The molecule has 0 atom stereocenters. The molecular weight excluding hydrogens is 134 g/mol. The number of hydrogen-bond donors (Lipinski definition) is 2. The smallest absolute Gasteiger partial charge is 0.312 e. The van der Waals surface area contributed by atoms with E-state index in [0.29, 0.717) is 0 Å². The highest BCUT2D eigenvalue weighted by atomic mass is 16.4. The number of carbonyl (C=O) groups excluding carboxylic acids is 1. The number of rotatable bonds is 3. The van der Waals surface area contributed by atoms with Gasteiger partial charge in [-0.05, 0) is 0 Å². The van der Waals surface area contributed by atoms with Gasteiger partial charge in [-0.1, -0.05) is 5.92 Å². The van der Waals surface area contributed by atoms with Crippen molar-refractivity contribution in [1.82, 2.24) is 5.32 Å². The Kier molecular flexibility index (Phi) is 3.73. The maximum absolute atomic E-state index is 10.4. The zero-order chi connectivity index (χ0) is 7.98. The molecule has 10 heavy (non-hydrogen) atoms. The van der Waals surface area contributed by atoms with Crippen molar-refractivity contribution in [1.29, 1.82) is 0 Å². The van der Waals surface area contributed by atoms with Gasteiger partial charge in [-0.15, -0.1) is 6.42 Å². The predicted molar refractivity (Wildman–Crippen MR) is 34.1 cm³/mol. The summed E-state index contributed by atoms with van der Waals surface area (Å²) in [6.07, 6.45) is 4.27. The second kappa shape index (κ2) is 4.39. The van der Waals surface area contributed by atoms with Crippen molar-refractivity contribution >= 4 is 11.9 Å². The minimum atomic E-state index is -1.16. The molecule has 0 fully saturated rings. The lowest BCUT2D eigenvalue weighted by Crippen LogP contribution is -2.25. The Morgan fingerprint density at radius 1 is 1.60 bits per heavy atom. The molecule has 0 bridgehead atoms. The Bertz CT molecular complexity index is 180. The largest absolute Gasteiger partial charge is 0.481 e. The number of nitrogens with one attached hydrogen (secondary N) is 1. The zero-order valence-electron chi connectivity index (χ0n) is 5.26. The summed E-state index contributed by atoms with van der Waals surface area (Å²) >= 11 is 0. The van der Waals surface area contributed by atoms with Gasteiger partial charge < -0.3 is 10.4 Å². The first-order valence-electron chi connectivity index (χ1n) is 2.58. The van der Waals surface area contributed by atoms with E-state index in [1.165, 1.54) is 0 Å². The van der Waals surface area contributed by atoms with E-state index < -0.39 is 18.3 Å². The van der Waals surface area contributed by atoms with Gasteiger partial charge in [0.2, 0.25) is 5.91 Å². The fourth-order valence-corrected chi connectivity index (χ4v) is 0.349.